The van der Waals surface area contributed by atoms with Crippen LogP contribution in [0.15, 0.2) is 108 Å². The molecule has 0 heterocycles. The highest BCUT2D eigenvalue weighted by atomic mass is 79.9. The second-order valence-corrected chi connectivity index (χ2v) is 6.86. The minimum absolute atomic E-state index is 1.11. The minimum Gasteiger partial charge on any atom is -0.0622 e. The molecule has 0 fully saturated rings. The second kappa shape index (κ2) is 7.08. The van der Waals surface area contributed by atoms with Crippen LogP contribution in [0.3, 0.4) is 0 Å². The van der Waals surface area contributed by atoms with Crippen molar-refractivity contribution in [2.75, 3.05) is 0 Å². The first-order chi connectivity index (χ1) is 12.3. The molecule has 0 bridgehead atoms. The highest BCUT2D eigenvalue weighted by Crippen LogP contribution is 2.33. The Morgan fingerprint density at radius 2 is 0.840 bits per heavy atom. The molecule has 0 aliphatic carbocycles. The fraction of sp³-hybridized carbons (Fsp3) is 0. The molecule has 4 rings (SSSR count). The van der Waals surface area contributed by atoms with Crippen molar-refractivity contribution in [1.29, 1.82) is 0 Å². The molecule has 4 aromatic rings. The molecule has 25 heavy (non-hydrogen) atoms. The van der Waals surface area contributed by atoms with Crippen LogP contribution < -0.4 is 0 Å². The summed E-state index contributed by atoms with van der Waals surface area (Å²) in [5.41, 5.74) is 7.37. The van der Waals surface area contributed by atoms with Gasteiger partial charge in [-0.1, -0.05) is 107 Å². The van der Waals surface area contributed by atoms with E-state index < -0.39 is 0 Å². The van der Waals surface area contributed by atoms with Crippen LogP contribution in [0.5, 0.6) is 0 Å². The Balaban J connectivity index is 1.71. The summed E-state index contributed by atoms with van der Waals surface area (Å²) in [5, 5.41) is 0. The lowest BCUT2D eigenvalue weighted by molar-refractivity contribution is 1.55. The van der Waals surface area contributed by atoms with Gasteiger partial charge in [-0.15, -0.1) is 0 Å². The molecule has 0 radical (unpaired) electrons. The average molecular weight is 385 g/mol. The Hall–Kier alpha value is -2.64. The summed E-state index contributed by atoms with van der Waals surface area (Å²) in [6.07, 6.45) is 0. The van der Waals surface area contributed by atoms with Gasteiger partial charge in [0, 0.05) is 4.47 Å². The maximum absolute atomic E-state index is 3.68. The molecular weight excluding hydrogens is 368 g/mol. The molecule has 0 saturated heterocycles. The third-order valence-electron chi connectivity index (χ3n) is 4.38. The Bertz CT molecular complexity index is 971. The summed E-state index contributed by atoms with van der Waals surface area (Å²) in [5.74, 6) is 0. The van der Waals surface area contributed by atoms with Gasteiger partial charge in [-0.2, -0.15) is 0 Å². The van der Waals surface area contributed by atoms with E-state index in [1.165, 1.54) is 33.4 Å². The Morgan fingerprint density at radius 1 is 0.400 bits per heavy atom. The van der Waals surface area contributed by atoms with Gasteiger partial charge in [0.2, 0.25) is 0 Å². The Labute approximate surface area is 156 Å². The molecule has 0 atom stereocenters. The molecule has 0 amide bonds. The molecule has 120 valence electrons. The van der Waals surface area contributed by atoms with Crippen molar-refractivity contribution in [1.82, 2.24) is 0 Å². The van der Waals surface area contributed by atoms with Crippen molar-refractivity contribution in [3.8, 4) is 33.4 Å². The van der Waals surface area contributed by atoms with E-state index in [1.807, 2.05) is 12.1 Å². The van der Waals surface area contributed by atoms with E-state index in [4.69, 9.17) is 0 Å². The molecule has 1 heteroatoms. The smallest absolute Gasteiger partial charge is 0.0254 e. The Kier molecular flexibility index (Phi) is 4.49. The summed E-state index contributed by atoms with van der Waals surface area (Å²) in [6, 6.07) is 36.3. The van der Waals surface area contributed by atoms with Crippen molar-refractivity contribution in [2.45, 2.75) is 0 Å². The lowest BCUT2D eigenvalue weighted by Crippen LogP contribution is -1.84. The fourth-order valence-electron chi connectivity index (χ4n) is 3.03. The van der Waals surface area contributed by atoms with Gasteiger partial charge >= 0.3 is 0 Å². The molecule has 0 saturated carbocycles. The summed E-state index contributed by atoms with van der Waals surface area (Å²) < 4.78 is 1.11. The Morgan fingerprint density at radius 3 is 1.44 bits per heavy atom. The van der Waals surface area contributed by atoms with E-state index in [2.05, 4.69) is 107 Å². The predicted molar refractivity (Wildman–Crippen MR) is 110 cm³/mol. The first-order valence-corrected chi connectivity index (χ1v) is 9.11. The van der Waals surface area contributed by atoms with Gasteiger partial charge in [0.25, 0.3) is 0 Å². The molecule has 0 N–H and O–H groups in total. The van der Waals surface area contributed by atoms with Crippen LogP contribution in [-0.4, -0.2) is 0 Å². The quantitative estimate of drug-likeness (QED) is 0.344. The molecule has 0 aromatic heterocycles. The van der Waals surface area contributed by atoms with E-state index in [0.29, 0.717) is 0 Å². The number of hydrogen-bond donors (Lipinski definition) is 0. The van der Waals surface area contributed by atoms with E-state index in [-0.39, 0.29) is 0 Å². The molecular formula is C24H17Br. The third-order valence-corrected chi connectivity index (χ3v) is 5.07. The molecule has 0 spiro atoms. The fourth-order valence-corrected chi connectivity index (χ4v) is 3.51. The predicted octanol–water partition coefficient (Wildman–Crippen LogP) is 7.45. The van der Waals surface area contributed by atoms with Gasteiger partial charge in [0.05, 0.1) is 0 Å². The summed E-state index contributed by atoms with van der Waals surface area (Å²) in [7, 11) is 0. The summed E-state index contributed by atoms with van der Waals surface area (Å²) >= 11 is 3.68. The number of rotatable bonds is 3. The zero-order valence-electron chi connectivity index (χ0n) is 13.7. The monoisotopic (exact) mass is 384 g/mol. The van der Waals surface area contributed by atoms with Gasteiger partial charge in [0.15, 0.2) is 0 Å². The van der Waals surface area contributed by atoms with Crippen LogP contribution in [0, 0.1) is 0 Å². The molecule has 0 aliphatic heterocycles. The normalized spacial score (nSPS) is 10.6. The van der Waals surface area contributed by atoms with Gasteiger partial charge in [0.1, 0.15) is 0 Å². The van der Waals surface area contributed by atoms with Gasteiger partial charge in [-0.05, 0) is 45.5 Å². The van der Waals surface area contributed by atoms with Gasteiger partial charge in [-0.25, -0.2) is 0 Å². The van der Waals surface area contributed by atoms with Crippen LogP contribution >= 0.6 is 15.9 Å². The first-order valence-electron chi connectivity index (χ1n) is 8.32. The van der Waals surface area contributed by atoms with Crippen molar-refractivity contribution < 1.29 is 0 Å². The number of benzene rings is 4. The van der Waals surface area contributed by atoms with Crippen LogP contribution in [0.25, 0.3) is 33.4 Å². The van der Waals surface area contributed by atoms with Crippen molar-refractivity contribution >= 4 is 15.9 Å². The van der Waals surface area contributed by atoms with E-state index >= 15 is 0 Å². The highest BCUT2D eigenvalue weighted by Gasteiger charge is 2.06. The van der Waals surface area contributed by atoms with E-state index in [1.54, 1.807) is 0 Å². The SMILES string of the molecule is Brc1ccc(-c2ccc(-c3ccccc3)cc2)cc1-c1ccccc1. The van der Waals surface area contributed by atoms with Crippen molar-refractivity contribution in [2.24, 2.45) is 0 Å². The van der Waals surface area contributed by atoms with Crippen LogP contribution in [0.4, 0.5) is 0 Å². The number of hydrogen-bond acceptors (Lipinski definition) is 0. The van der Waals surface area contributed by atoms with Crippen LogP contribution in [0.1, 0.15) is 0 Å². The summed E-state index contributed by atoms with van der Waals surface area (Å²) in [4.78, 5) is 0. The summed E-state index contributed by atoms with van der Waals surface area (Å²) in [6.45, 7) is 0. The maximum Gasteiger partial charge on any atom is 0.0254 e. The standard InChI is InChI=1S/C24H17Br/c25-24-16-15-22(17-23(24)21-9-5-2-6-10-21)20-13-11-19(12-14-20)18-7-3-1-4-8-18/h1-17H. The minimum atomic E-state index is 1.11. The van der Waals surface area contributed by atoms with Gasteiger partial charge in [-0.3, -0.25) is 0 Å². The van der Waals surface area contributed by atoms with Crippen molar-refractivity contribution in [3.63, 3.8) is 0 Å². The average Bonchev–Trinajstić information content (AvgIpc) is 2.70. The lowest BCUT2D eigenvalue weighted by atomic mass is 9.97. The molecule has 0 unspecified atom stereocenters. The van der Waals surface area contributed by atoms with E-state index in [0.717, 1.165) is 4.47 Å². The molecule has 0 aliphatic rings. The van der Waals surface area contributed by atoms with Crippen LogP contribution in [0.2, 0.25) is 0 Å². The first kappa shape index (κ1) is 15.9. The lowest BCUT2D eigenvalue weighted by Gasteiger charge is -2.09. The third kappa shape index (κ3) is 3.42. The highest BCUT2D eigenvalue weighted by molar-refractivity contribution is 9.10. The zero-order chi connectivity index (χ0) is 17.1. The van der Waals surface area contributed by atoms with Crippen molar-refractivity contribution in [3.05, 3.63) is 108 Å². The largest absolute Gasteiger partial charge is 0.0622 e. The molecule has 4 aromatic carbocycles. The second-order valence-electron chi connectivity index (χ2n) is 6.00. The number of halogens is 1. The van der Waals surface area contributed by atoms with Gasteiger partial charge < -0.3 is 0 Å². The van der Waals surface area contributed by atoms with E-state index in [9.17, 15) is 0 Å². The maximum atomic E-state index is 3.68. The molecule has 0 nitrogen and oxygen atoms in total. The van der Waals surface area contributed by atoms with Crippen LogP contribution in [-0.2, 0) is 0 Å². The zero-order valence-corrected chi connectivity index (χ0v) is 15.3. The topological polar surface area (TPSA) is 0 Å².